The third-order valence-corrected chi connectivity index (χ3v) is 3.81. The van der Waals surface area contributed by atoms with Crippen LogP contribution in [0.25, 0.3) is 0 Å². The third kappa shape index (κ3) is 4.71. The summed E-state index contributed by atoms with van der Waals surface area (Å²) in [4.78, 5) is 27.6. The molecule has 1 saturated heterocycles. The van der Waals surface area contributed by atoms with Crippen molar-refractivity contribution in [3.8, 4) is 0 Å². The minimum absolute atomic E-state index is 0. The Bertz CT molecular complexity index is 509. The predicted molar refractivity (Wildman–Crippen MR) is 88.9 cm³/mol. The van der Waals surface area contributed by atoms with Crippen molar-refractivity contribution >= 4 is 24.2 Å². The van der Waals surface area contributed by atoms with Gasteiger partial charge in [-0.3, -0.25) is 9.59 Å². The zero-order valence-electron chi connectivity index (χ0n) is 13.1. The van der Waals surface area contributed by atoms with Gasteiger partial charge in [0.2, 0.25) is 11.8 Å². The van der Waals surface area contributed by atoms with Crippen molar-refractivity contribution in [1.29, 1.82) is 0 Å². The van der Waals surface area contributed by atoms with Gasteiger partial charge in [0.25, 0.3) is 0 Å². The summed E-state index contributed by atoms with van der Waals surface area (Å²) in [6.45, 7) is 6.03. The molecule has 1 aromatic carbocycles. The number of carbonyl (C=O) groups is 2. The van der Waals surface area contributed by atoms with E-state index in [1.807, 2.05) is 36.1 Å². The van der Waals surface area contributed by atoms with E-state index in [-0.39, 0.29) is 24.2 Å². The molecule has 0 radical (unpaired) electrons. The number of nitrogens with two attached hydrogens (primary N) is 1. The highest BCUT2D eigenvalue weighted by atomic mass is 35.5. The maximum absolute atomic E-state index is 12.3. The Hall–Kier alpha value is -1.59. The van der Waals surface area contributed by atoms with E-state index < -0.39 is 6.04 Å². The quantitative estimate of drug-likeness (QED) is 0.900. The Kier molecular flexibility index (Phi) is 6.84. The van der Waals surface area contributed by atoms with E-state index in [1.165, 1.54) is 5.56 Å². The lowest BCUT2D eigenvalue weighted by molar-refractivity contribution is -0.139. The lowest BCUT2D eigenvalue weighted by Crippen LogP contribution is -2.54. The lowest BCUT2D eigenvalue weighted by Gasteiger charge is -2.35. The molecular formula is C16H24ClN3O2. The molecule has 2 amide bonds. The van der Waals surface area contributed by atoms with Crippen LogP contribution in [0.4, 0.5) is 0 Å². The molecule has 1 aliphatic rings. The minimum Gasteiger partial charge on any atom is -0.339 e. The molecule has 0 saturated carbocycles. The first-order chi connectivity index (χ1) is 9.97. The second-order valence-corrected chi connectivity index (χ2v) is 5.66. The summed E-state index contributed by atoms with van der Waals surface area (Å²) in [6, 6.07) is 7.54. The van der Waals surface area contributed by atoms with Crippen molar-refractivity contribution in [3.63, 3.8) is 0 Å². The van der Waals surface area contributed by atoms with E-state index in [2.05, 4.69) is 0 Å². The number of rotatable bonds is 3. The smallest absolute Gasteiger partial charge is 0.239 e. The molecule has 22 heavy (non-hydrogen) atoms. The van der Waals surface area contributed by atoms with Crippen LogP contribution in [0.3, 0.4) is 0 Å². The van der Waals surface area contributed by atoms with Gasteiger partial charge in [0, 0.05) is 26.2 Å². The number of amides is 2. The van der Waals surface area contributed by atoms with Crippen LogP contribution in [0.2, 0.25) is 0 Å². The van der Waals surface area contributed by atoms with Crippen LogP contribution < -0.4 is 5.73 Å². The van der Waals surface area contributed by atoms with Gasteiger partial charge in [0.05, 0.1) is 12.5 Å². The van der Waals surface area contributed by atoms with Crippen LogP contribution >= 0.6 is 12.4 Å². The van der Waals surface area contributed by atoms with Gasteiger partial charge < -0.3 is 15.5 Å². The van der Waals surface area contributed by atoms with Crippen molar-refractivity contribution in [2.45, 2.75) is 26.3 Å². The molecule has 2 N–H and O–H groups in total. The number of hydrogen-bond acceptors (Lipinski definition) is 3. The highest BCUT2D eigenvalue weighted by Gasteiger charge is 2.25. The third-order valence-electron chi connectivity index (χ3n) is 3.81. The Morgan fingerprint density at radius 2 is 1.59 bits per heavy atom. The van der Waals surface area contributed by atoms with Crippen LogP contribution in [0.1, 0.15) is 18.1 Å². The van der Waals surface area contributed by atoms with Gasteiger partial charge in [-0.1, -0.05) is 29.8 Å². The largest absolute Gasteiger partial charge is 0.339 e. The molecule has 1 aliphatic heterocycles. The number of carbonyl (C=O) groups excluding carboxylic acids is 2. The SMILES string of the molecule is Cc1ccc(CC(=O)N2CCN(C(=O)[C@@H](C)N)CC2)cc1.Cl. The fourth-order valence-electron chi connectivity index (χ4n) is 2.46. The molecule has 122 valence electrons. The Morgan fingerprint density at radius 1 is 1.09 bits per heavy atom. The maximum Gasteiger partial charge on any atom is 0.239 e. The molecule has 0 spiro atoms. The van der Waals surface area contributed by atoms with Gasteiger partial charge >= 0.3 is 0 Å². The summed E-state index contributed by atoms with van der Waals surface area (Å²) < 4.78 is 0. The zero-order valence-corrected chi connectivity index (χ0v) is 13.9. The highest BCUT2D eigenvalue weighted by Crippen LogP contribution is 2.09. The molecule has 1 aromatic rings. The molecule has 1 atom stereocenters. The summed E-state index contributed by atoms with van der Waals surface area (Å²) in [5.74, 6) is 0.0763. The second-order valence-electron chi connectivity index (χ2n) is 5.66. The van der Waals surface area contributed by atoms with Crippen LogP contribution in [-0.4, -0.2) is 53.8 Å². The molecule has 0 aliphatic carbocycles. The van der Waals surface area contributed by atoms with Crippen molar-refractivity contribution in [1.82, 2.24) is 9.80 Å². The normalized spacial score (nSPS) is 16.0. The topological polar surface area (TPSA) is 66.6 Å². The van der Waals surface area contributed by atoms with E-state index in [1.54, 1.807) is 11.8 Å². The molecule has 0 bridgehead atoms. The van der Waals surface area contributed by atoms with Gasteiger partial charge in [-0.05, 0) is 19.4 Å². The second kappa shape index (κ2) is 8.15. The molecular weight excluding hydrogens is 302 g/mol. The molecule has 1 fully saturated rings. The average molecular weight is 326 g/mol. The fraction of sp³-hybridized carbons (Fsp3) is 0.500. The molecule has 0 unspecified atom stereocenters. The summed E-state index contributed by atoms with van der Waals surface area (Å²) in [6.07, 6.45) is 0.418. The Balaban J connectivity index is 0.00000242. The van der Waals surface area contributed by atoms with Crippen molar-refractivity contribution < 1.29 is 9.59 Å². The van der Waals surface area contributed by atoms with E-state index in [4.69, 9.17) is 5.73 Å². The lowest BCUT2D eigenvalue weighted by atomic mass is 10.1. The predicted octanol–water partition coefficient (Wildman–Crippen LogP) is 0.977. The van der Waals surface area contributed by atoms with Crippen LogP contribution in [0.15, 0.2) is 24.3 Å². The van der Waals surface area contributed by atoms with E-state index in [0.29, 0.717) is 32.6 Å². The molecule has 6 heteroatoms. The minimum atomic E-state index is -0.472. The van der Waals surface area contributed by atoms with E-state index in [9.17, 15) is 9.59 Å². The Labute approximate surface area is 137 Å². The van der Waals surface area contributed by atoms with Crippen molar-refractivity contribution in [2.75, 3.05) is 26.2 Å². The molecule has 2 rings (SSSR count). The van der Waals surface area contributed by atoms with Crippen molar-refractivity contribution in [3.05, 3.63) is 35.4 Å². The number of hydrogen-bond donors (Lipinski definition) is 1. The van der Waals surface area contributed by atoms with Gasteiger partial charge in [-0.2, -0.15) is 0 Å². The van der Waals surface area contributed by atoms with E-state index in [0.717, 1.165) is 5.56 Å². The van der Waals surface area contributed by atoms with Gasteiger partial charge in [-0.15, -0.1) is 12.4 Å². The zero-order chi connectivity index (χ0) is 15.4. The van der Waals surface area contributed by atoms with Gasteiger partial charge in [0.15, 0.2) is 0 Å². The molecule has 5 nitrogen and oxygen atoms in total. The summed E-state index contributed by atoms with van der Waals surface area (Å²) in [7, 11) is 0. The van der Waals surface area contributed by atoms with Crippen LogP contribution in [0.5, 0.6) is 0 Å². The highest BCUT2D eigenvalue weighted by molar-refractivity contribution is 5.85. The summed E-state index contributed by atoms with van der Waals surface area (Å²) in [5.41, 5.74) is 7.82. The summed E-state index contributed by atoms with van der Waals surface area (Å²) >= 11 is 0. The van der Waals surface area contributed by atoms with Crippen LogP contribution in [0, 0.1) is 6.92 Å². The van der Waals surface area contributed by atoms with Gasteiger partial charge in [-0.25, -0.2) is 0 Å². The maximum atomic E-state index is 12.3. The first-order valence-corrected chi connectivity index (χ1v) is 7.35. The average Bonchev–Trinajstić information content (AvgIpc) is 2.49. The number of benzene rings is 1. The summed E-state index contributed by atoms with van der Waals surface area (Å²) in [5, 5.41) is 0. The van der Waals surface area contributed by atoms with Crippen molar-refractivity contribution in [2.24, 2.45) is 5.73 Å². The molecule has 0 aromatic heterocycles. The first kappa shape index (κ1) is 18.5. The molecule has 1 heterocycles. The number of nitrogens with zero attached hydrogens (tertiary/aromatic N) is 2. The standard InChI is InChI=1S/C16H23N3O2.ClH/c1-12-3-5-14(6-4-12)11-15(20)18-7-9-19(10-8-18)16(21)13(2)17;/h3-6,13H,7-11,17H2,1-2H3;1H/t13-;/m1./s1. The monoisotopic (exact) mass is 325 g/mol. The van der Waals surface area contributed by atoms with Gasteiger partial charge in [0.1, 0.15) is 0 Å². The first-order valence-electron chi connectivity index (χ1n) is 7.35. The number of halogens is 1. The Morgan fingerprint density at radius 3 is 2.09 bits per heavy atom. The number of piperazine rings is 1. The fourth-order valence-corrected chi connectivity index (χ4v) is 2.46. The van der Waals surface area contributed by atoms with Crippen LogP contribution in [-0.2, 0) is 16.0 Å². The number of aryl methyl sites for hydroxylation is 1. The van der Waals surface area contributed by atoms with E-state index >= 15 is 0 Å².